The van der Waals surface area contributed by atoms with E-state index in [0.717, 1.165) is 17.9 Å². The van der Waals surface area contributed by atoms with Crippen LogP contribution in [0.3, 0.4) is 0 Å². The van der Waals surface area contributed by atoms with Gasteiger partial charge in [0, 0.05) is 12.6 Å². The molecule has 106 valence electrons. The number of carboxylic acids is 1. The van der Waals surface area contributed by atoms with Crippen molar-refractivity contribution in [2.75, 3.05) is 13.1 Å². The Kier molecular flexibility index (Phi) is 4.50. The summed E-state index contributed by atoms with van der Waals surface area (Å²) in [5, 5.41) is 12.1. The van der Waals surface area contributed by atoms with Crippen molar-refractivity contribution in [2.45, 2.75) is 29.5 Å². The van der Waals surface area contributed by atoms with Crippen molar-refractivity contribution in [3.8, 4) is 0 Å². The predicted molar refractivity (Wildman–Crippen MR) is 69.9 cm³/mol. The topological polar surface area (TPSA) is 108 Å². The summed E-state index contributed by atoms with van der Waals surface area (Å²) in [4.78, 5) is 14.4. The quantitative estimate of drug-likeness (QED) is 0.595. The Bertz CT molecular complexity index is 551. The number of carbonyl (C=O) groups is 1. The van der Waals surface area contributed by atoms with Gasteiger partial charge in [-0.2, -0.15) is 0 Å². The Labute approximate surface area is 115 Å². The van der Waals surface area contributed by atoms with E-state index in [2.05, 4.69) is 15.0 Å². The molecule has 3 N–H and O–H groups in total. The third kappa shape index (κ3) is 3.96. The predicted octanol–water partition coefficient (Wildman–Crippen LogP) is 0.262. The third-order valence-corrected chi connectivity index (χ3v) is 5.47. The van der Waals surface area contributed by atoms with Crippen LogP contribution in [0.1, 0.15) is 29.8 Å². The minimum absolute atomic E-state index is 0.241. The average molecular weight is 305 g/mol. The van der Waals surface area contributed by atoms with Crippen LogP contribution < -0.4 is 10.0 Å². The van der Waals surface area contributed by atoms with Crippen molar-refractivity contribution in [2.24, 2.45) is 0 Å². The summed E-state index contributed by atoms with van der Waals surface area (Å²) in [5.74, 6) is -1.34. The molecular weight excluding hydrogens is 290 g/mol. The Morgan fingerprint density at radius 3 is 2.84 bits per heavy atom. The van der Waals surface area contributed by atoms with Crippen molar-refractivity contribution in [1.29, 1.82) is 0 Å². The number of nitrogens with zero attached hydrogens (tertiary/aromatic N) is 1. The van der Waals surface area contributed by atoms with Crippen molar-refractivity contribution < 1.29 is 18.3 Å². The van der Waals surface area contributed by atoms with E-state index < -0.39 is 21.7 Å². The van der Waals surface area contributed by atoms with E-state index in [4.69, 9.17) is 5.11 Å². The van der Waals surface area contributed by atoms with Gasteiger partial charge in [0.1, 0.15) is 0 Å². The first-order chi connectivity index (χ1) is 9.00. The number of rotatable bonds is 8. The number of hydrogen-bond donors (Lipinski definition) is 3. The van der Waals surface area contributed by atoms with Crippen LogP contribution in [0.4, 0.5) is 0 Å². The van der Waals surface area contributed by atoms with Crippen LogP contribution in [-0.4, -0.2) is 43.6 Å². The highest BCUT2D eigenvalue weighted by atomic mass is 32.2. The molecule has 1 aromatic rings. The minimum Gasteiger partial charge on any atom is -0.476 e. The van der Waals surface area contributed by atoms with Crippen LogP contribution in [0, 0.1) is 0 Å². The molecule has 0 bridgehead atoms. The van der Waals surface area contributed by atoms with E-state index in [1.165, 1.54) is 18.4 Å². The summed E-state index contributed by atoms with van der Waals surface area (Å²) in [7, 11) is -3.78. The van der Waals surface area contributed by atoms with Crippen molar-refractivity contribution in [3.63, 3.8) is 0 Å². The molecular formula is C10H15N3O4S2. The van der Waals surface area contributed by atoms with Gasteiger partial charge < -0.3 is 10.4 Å². The standard InChI is InChI=1S/C10H15N3O4S2/c14-9(15)8-10(18-6-12-8)19(16,17)13-5-1-4-11-7-2-3-7/h6-7,11,13H,1-5H2,(H,14,15). The molecule has 1 saturated carbocycles. The van der Waals surface area contributed by atoms with Gasteiger partial charge in [-0.15, -0.1) is 11.3 Å². The highest BCUT2D eigenvalue weighted by Gasteiger charge is 2.25. The normalized spacial score (nSPS) is 15.6. The van der Waals surface area contributed by atoms with Crippen molar-refractivity contribution >= 4 is 27.3 Å². The molecule has 1 aromatic heterocycles. The zero-order chi connectivity index (χ0) is 13.9. The fraction of sp³-hybridized carbons (Fsp3) is 0.600. The van der Waals surface area contributed by atoms with Gasteiger partial charge >= 0.3 is 5.97 Å². The summed E-state index contributed by atoms with van der Waals surface area (Å²) in [6, 6.07) is 0.594. The van der Waals surface area contributed by atoms with Gasteiger partial charge in [0.15, 0.2) is 9.90 Å². The van der Waals surface area contributed by atoms with E-state index >= 15 is 0 Å². The maximum Gasteiger partial charge on any atom is 0.356 e. The van der Waals surface area contributed by atoms with Crippen LogP contribution in [0.2, 0.25) is 0 Å². The van der Waals surface area contributed by atoms with Gasteiger partial charge in [0.2, 0.25) is 0 Å². The first-order valence-corrected chi connectivity index (χ1v) is 8.27. The van der Waals surface area contributed by atoms with E-state index in [-0.39, 0.29) is 10.8 Å². The van der Waals surface area contributed by atoms with Crippen molar-refractivity contribution in [3.05, 3.63) is 11.2 Å². The summed E-state index contributed by atoms with van der Waals surface area (Å²) in [5.41, 5.74) is 0.792. The number of aromatic nitrogens is 1. The number of aromatic carboxylic acids is 1. The smallest absolute Gasteiger partial charge is 0.356 e. The summed E-state index contributed by atoms with van der Waals surface area (Å²) in [6.07, 6.45) is 3.04. The average Bonchev–Trinajstić information content (AvgIpc) is 3.01. The van der Waals surface area contributed by atoms with E-state index in [1.54, 1.807) is 0 Å². The van der Waals surface area contributed by atoms with Gasteiger partial charge in [0.05, 0.1) is 5.51 Å². The lowest BCUT2D eigenvalue weighted by molar-refractivity contribution is 0.0687. The van der Waals surface area contributed by atoms with Crippen LogP contribution in [0.5, 0.6) is 0 Å². The second kappa shape index (κ2) is 5.95. The van der Waals surface area contributed by atoms with Crippen LogP contribution >= 0.6 is 11.3 Å². The third-order valence-electron chi connectivity index (χ3n) is 2.64. The maximum absolute atomic E-state index is 11.9. The maximum atomic E-state index is 11.9. The van der Waals surface area contributed by atoms with Crippen molar-refractivity contribution in [1.82, 2.24) is 15.0 Å². The molecule has 2 rings (SSSR count). The molecule has 0 atom stereocenters. The second-order valence-electron chi connectivity index (χ2n) is 4.27. The van der Waals surface area contributed by atoms with E-state index in [0.29, 0.717) is 12.5 Å². The number of sulfonamides is 1. The molecule has 1 aliphatic rings. The lowest BCUT2D eigenvalue weighted by atomic mass is 10.4. The number of carboxylic acid groups (broad SMARTS) is 1. The zero-order valence-electron chi connectivity index (χ0n) is 10.1. The monoisotopic (exact) mass is 305 g/mol. The first-order valence-electron chi connectivity index (χ1n) is 5.90. The molecule has 0 unspecified atom stereocenters. The molecule has 9 heteroatoms. The molecule has 0 aliphatic heterocycles. The van der Waals surface area contributed by atoms with E-state index in [9.17, 15) is 13.2 Å². The molecule has 0 aromatic carbocycles. The highest BCUT2D eigenvalue weighted by Crippen LogP contribution is 2.20. The fourth-order valence-electron chi connectivity index (χ4n) is 1.52. The van der Waals surface area contributed by atoms with Crippen LogP contribution in [-0.2, 0) is 10.0 Å². The number of thiazole rings is 1. The van der Waals surface area contributed by atoms with E-state index in [1.807, 2.05) is 0 Å². The summed E-state index contributed by atoms with van der Waals surface area (Å²) >= 11 is 0.805. The molecule has 0 radical (unpaired) electrons. The molecule has 0 amide bonds. The minimum atomic E-state index is -3.78. The molecule has 7 nitrogen and oxygen atoms in total. The second-order valence-corrected chi connectivity index (χ2v) is 7.09. The van der Waals surface area contributed by atoms with Gasteiger partial charge in [-0.05, 0) is 25.8 Å². The highest BCUT2D eigenvalue weighted by molar-refractivity contribution is 7.91. The lowest BCUT2D eigenvalue weighted by Crippen LogP contribution is -2.28. The lowest BCUT2D eigenvalue weighted by Gasteiger charge is -2.06. The van der Waals surface area contributed by atoms with Crippen LogP contribution in [0.15, 0.2) is 9.72 Å². The first kappa shape index (κ1) is 14.4. The largest absolute Gasteiger partial charge is 0.476 e. The Balaban J connectivity index is 1.86. The van der Waals surface area contributed by atoms with Crippen LogP contribution in [0.25, 0.3) is 0 Å². The van der Waals surface area contributed by atoms with Gasteiger partial charge in [-0.25, -0.2) is 22.9 Å². The number of hydrogen-bond acceptors (Lipinski definition) is 6. The Morgan fingerprint density at radius 2 is 2.21 bits per heavy atom. The molecule has 1 heterocycles. The van der Waals surface area contributed by atoms with Gasteiger partial charge in [-0.3, -0.25) is 0 Å². The SMILES string of the molecule is O=C(O)c1ncsc1S(=O)(=O)NCCCNC1CC1. The summed E-state index contributed by atoms with van der Waals surface area (Å²) < 4.78 is 26.0. The van der Waals surface area contributed by atoms with Gasteiger partial charge in [0.25, 0.3) is 10.0 Å². The molecule has 0 spiro atoms. The molecule has 1 fully saturated rings. The Morgan fingerprint density at radius 1 is 1.47 bits per heavy atom. The molecule has 0 saturated heterocycles. The van der Waals surface area contributed by atoms with Gasteiger partial charge in [-0.1, -0.05) is 0 Å². The zero-order valence-corrected chi connectivity index (χ0v) is 11.8. The summed E-state index contributed by atoms with van der Waals surface area (Å²) in [6.45, 7) is 1.03. The number of nitrogens with one attached hydrogen (secondary N) is 2. The molecule has 1 aliphatic carbocycles. The Hall–Kier alpha value is -1.03. The molecule has 19 heavy (non-hydrogen) atoms. The fourth-order valence-corrected chi connectivity index (χ4v) is 3.78.